The fraction of sp³-hybridized carbons (Fsp3) is 0.364. The number of aliphatic hydroxyl groups is 5. The van der Waals surface area contributed by atoms with Crippen LogP contribution in [0, 0.1) is 0 Å². The van der Waals surface area contributed by atoms with Crippen molar-refractivity contribution in [3.05, 3.63) is 51.9 Å². The number of carbonyl (C=O) groups is 1. The van der Waals surface area contributed by atoms with E-state index in [1.807, 2.05) is 0 Å². The molecule has 1 aliphatic rings. The monoisotopic (exact) mass is 462 g/mol. The van der Waals surface area contributed by atoms with Gasteiger partial charge in [0.15, 0.2) is 0 Å². The van der Waals surface area contributed by atoms with E-state index < -0.39 is 48.9 Å². The summed E-state index contributed by atoms with van der Waals surface area (Å²) in [6.45, 7) is -0.881. The molecule has 0 spiro atoms. The molecule has 0 saturated carbocycles. The third-order valence-corrected chi connectivity index (χ3v) is 5.61. The minimum atomic E-state index is -1.71. The number of benzene rings is 2. The van der Waals surface area contributed by atoms with Gasteiger partial charge < -0.3 is 44.5 Å². The Bertz CT molecular complexity index is 1250. The van der Waals surface area contributed by atoms with Crippen LogP contribution in [0.15, 0.2) is 39.5 Å². The van der Waals surface area contributed by atoms with Crippen LogP contribution >= 0.6 is 0 Å². The van der Waals surface area contributed by atoms with Crippen LogP contribution in [-0.2, 0) is 11.2 Å². The molecule has 1 saturated heterocycles. The number of ether oxygens (including phenoxy) is 2. The lowest BCUT2D eigenvalue weighted by Gasteiger charge is -2.39. The highest BCUT2D eigenvalue weighted by Crippen LogP contribution is 2.33. The molecule has 33 heavy (non-hydrogen) atoms. The van der Waals surface area contributed by atoms with Gasteiger partial charge in [0.25, 0.3) is 0 Å². The zero-order chi connectivity index (χ0) is 23.9. The van der Waals surface area contributed by atoms with Crippen molar-refractivity contribution in [3.8, 4) is 5.75 Å². The van der Waals surface area contributed by atoms with E-state index >= 15 is 0 Å². The summed E-state index contributed by atoms with van der Waals surface area (Å²) >= 11 is 0. The Morgan fingerprint density at radius 3 is 2.45 bits per heavy atom. The minimum absolute atomic E-state index is 0.104. The Hall–Kier alpha value is -3.06. The molecule has 1 fully saturated rings. The van der Waals surface area contributed by atoms with E-state index in [4.69, 9.17) is 13.9 Å². The number of aromatic carboxylic acids is 1. The number of carboxylic acid groups (broad SMARTS) is 1. The first kappa shape index (κ1) is 23.1. The zero-order valence-corrected chi connectivity index (χ0v) is 17.1. The maximum atomic E-state index is 12.7. The SMILES string of the molecule is O=C(O)c1cc(O[C@@H]2O[C@H](CO)[C@@H](O)[C@H](O)[C@H]2O)cc2oc(=O)c3c(CCO)cccc3c12. The predicted molar refractivity (Wildman–Crippen MR) is 112 cm³/mol. The van der Waals surface area contributed by atoms with Gasteiger partial charge in [0.05, 0.1) is 17.6 Å². The van der Waals surface area contributed by atoms with Gasteiger partial charge in [-0.2, -0.15) is 0 Å². The van der Waals surface area contributed by atoms with E-state index in [1.165, 1.54) is 6.07 Å². The van der Waals surface area contributed by atoms with Crippen LogP contribution in [-0.4, -0.2) is 80.5 Å². The molecule has 5 atom stereocenters. The van der Waals surface area contributed by atoms with Crippen LogP contribution in [0.5, 0.6) is 5.75 Å². The first-order chi connectivity index (χ1) is 15.8. The largest absolute Gasteiger partial charge is 0.478 e. The normalized spacial score (nSPS) is 25.4. The van der Waals surface area contributed by atoms with Crippen molar-refractivity contribution < 1.29 is 49.3 Å². The van der Waals surface area contributed by atoms with Crippen LogP contribution in [0.2, 0.25) is 0 Å². The third kappa shape index (κ3) is 4.06. The molecule has 0 radical (unpaired) electrons. The summed E-state index contributed by atoms with van der Waals surface area (Å²) < 4.78 is 16.2. The van der Waals surface area contributed by atoms with Crippen molar-refractivity contribution >= 4 is 27.7 Å². The number of hydrogen-bond donors (Lipinski definition) is 6. The molecule has 2 aromatic carbocycles. The molecule has 0 amide bonds. The van der Waals surface area contributed by atoms with E-state index in [9.17, 15) is 40.2 Å². The van der Waals surface area contributed by atoms with Crippen LogP contribution in [0.1, 0.15) is 15.9 Å². The molecule has 2 heterocycles. The maximum Gasteiger partial charge on any atom is 0.344 e. The quantitative estimate of drug-likeness (QED) is 0.202. The number of carboxylic acids is 1. The van der Waals surface area contributed by atoms with Crippen LogP contribution < -0.4 is 10.4 Å². The summed E-state index contributed by atoms with van der Waals surface area (Å²) in [6, 6.07) is 7.22. The summed E-state index contributed by atoms with van der Waals surface area (Å²) in [5.74, 6) is -1.50. The Kier molecular flexibility index (Phi) is 6.34. The lowest BCUT2D eigenvalue weighted by Crippen LogP contribution is -2.60. The third-order valence-electron chi connectivity index (χ3n) is 5.61. The van der Waals surface area contributed by atoms with Gasteiger partial charge in [-0.25, -0.2) is 9.59 Å². The molecule has 0 bridgehead atoms. The summed E-state index contributed by atoms with van der Waals surface area (Å²) in [5.41, 5.74) is -0.596. The van der Waals surface area contributed by atoms with E-state index in [0.29, 0.717) is 10.9 Å². The minimum Gasteiger partial charge on any atom is -0.478 e. The van der Waals surface area contributed by atoms with Gasteiger partial charge in [-0.05, 0) is 18.1 Å². The first-order valence-corrected chi connectivity index (χ1v) is 10.1. The fourth-order valence-corrected chi connectivity index (χ4v) is 4.01. The van der Waals surface area contributed by atoms with E-state index in [2.05, 4.69) is 0 Å². The van der Waals surface area contributed by atoms with Crippen molar-refractivity contribution in [1.82, 2.24) is 0 Å². The highest BCUT2D eigenvalue weighted by molar-refractivity contribution is 6.15. The van der Waals surface area contributed by atoms with Crippen molar-refractivity contribution in [3.63, 3.8) is 0 Å². The topological polar surface area (TPSA) is 187 Å². The van der Waals surface area contributed by atoms with Crippen molar-refractivity contribution in [1.29, 1.82) is 0 Å². The second-order valence-corrected chi connectivity index (χ2v) is 7.67. The van der Waals surface area contributed by atoms with Gasteiger partial charge in [-0.1, -0.05) is 18.2 Å². The molecule has 4 rings (SSSR count). The van der Waals surface area contributed by atoms with Crippen molar-refractivity contribution in [2.24, 2.45) is 0 Å². The van der Waals surface area contributed by atoms with Gasteiger partial charge in [0.1, 0.15) is 35.7 Å². The average Bonchev–Trinajstić information content (AvgIpc) is 2.79. The molecule has 0 unspecified atom stereocenters. The number of hydrogen-bond acceptors (Lipinski definition) is 10. The molecular formula is C22H22O11. The summed E-state index contributed by atoms with van der Waals surface area (Å²) in [4.78, 5) is 24.7. The highest BCUT2D eigenvalue weighted by atomic mass is 16.7. The second-order valence-electron chi connectivity index (χ2n) is 7.67. The maximum absolute atomic E-state index is 12.7. The Morgan fingerprint density at radius 1 is 1.03 bits per heavy atom. The summed E-state index contributed by atoms with van der Waals surface area (Å²) in [7, 11) is 0. The van der Waals surface area contributed by atoms with E-state index in [1.54, 1.807) is 18.2 Å². The summed E-state index contributed by atoms with van der Waals surface area (Å²) in [5, 5.41) is 59.1. The number of rotatable bonds is 6. The van der Waals surface area contributed by atoms with Crippen LogP contribution in [0.25, 0.3) is 21.7 Å². The number of fused-ring (bicyclic) bond motifs is 3. The van der Waals surface area contributed by atoms with Gasteiger partial charge in [-0.15, -0.1) is 0 Å². The van der Waals surface area contributed by atoms with Gasteiger partial charge in [0.2, 0.25) is 6.29 Å². The van der Waals surface area contributed by atoms with Gasteiger partial charge in [0, 0.05) is 23.4 Å². The van der Waals surface area contributed by atoms with Crippen LogP contribution in [0.4, 0.5) is 0 Å². The second kappa shape index (κ2) is 9.06. The first-order valence-electron chi connectivity index (χ1n) is 10.1. The zero-order valence-electron chi connectivity index (χ0n) is 17.1. The van der Waals surface area contributed by atoms with Gasteiger partial charge >= 0.3 is 11.6 Å². The van der Waals surface area contributed by atoms with Gasteiger partial charge in [-0.3, -0.25) is 0 Å². The molecule has 11 nitrogen and oxygen atoms in total. The Balaban J connectivity index is 1.85. The standard InChI is InChI=1S/C22H22O11/c23-5-4-9-2-1-3-11-15(9)21(30)32-13-7-10(6-12(16(11)13)20(28)29)31-22-19(27)18(26)17(25)14(8-24)33-22/h1-3,6-7,14,17-19,22-27H,4-5,8H2,(H,28,29)/t14-,17-,18+,19-,22-/m1/s1. The summed E-state index contributed by atoms with van der Waals surface area (Å²) in [6.07, 6.45) is -7.59. The molecular weight excluding hydrogens is 440 g/mol. The van der Waals surface area contributed by atoms with E-state index in [0.717, 1.165) is 6.07 Å². The van der Waals surface area contributed by atoms with Crippen molar-refractivity contribution in [2.75, 3.05) is 13.2 Å². The molecule has 11 heteroatoms. The smallest absolute Gasteiger partial charge is 0.344 e. The highest BCUT2D eigenvalue weighted by Gasteiger charge is 2.44. The van der Waals surface area contributed by atoms with Crippen LogP contribution in [0.3, 0.4) is 0 Å². The van der Waals surface area contributed by atoms with Crippen molar-refractivity contribution in [2.45, 2.75) is 37.1 Å². The molecule has 3 aromatic rings. The fourth-order valence-electron chi connectivity index (χ4n) is 4.01. The Morgan fingerprint density at radius 2 is 1.79 bits per heavy atom. The molecule has 1 aromatic heterocycles. The lowest BCUT2D eigenvalue weighted by atomic mass is 9.98. The predicted octanol–water partition coefficient (Wildman–Crippen LogP) is -0.642. The molecule has 1 aliphatic heterocycles. The molecule has 0 aliphatic carbocycles. The molecule has 6 N–H and O–H groups in total. The number of aliphatic hydroxyl groups excluding tert-OH is 5. The van der Waals surface area contributed by atoms with E-state index in [-0.39, 0.29) is 40.7 Å². The Labute approximate surface area is 185 Å². The average molecular weight is 462 g/mol. The lowest BCUT2D eigenvalue weighted by molar-refractivity contribution is -0.277. The molecule has 176 valence electrons.